The molecule has 4 nitrogen and oxygen atoms in total. The van der Waals surface area contributed by atoms with Gasteiger partial charge in [0.2, 0.25) is 0 Å². The zero-order valence-electron chi connectivity index (χ0n) is 35.5. The Morgan fingerprint density at radius 2 is 0.719 bits per heavy atom. The largest absolute Gasteiger partial charge is 0.224 e. The molecule has 0 aliphatic heterocycles. The first-order valence-electron chi connectivity index (χ1n) is 21.0. The first-order valence-corrected chi connectivity index (χ1v) is 26.8. The molecule has 310 valence electrons. The van der Waals surface area contributed by atoms with Gasteiger partial charge < -0.3 is 0 Å². The van der Waals surface area contributed by atoms with E-state index in [4.69, 9.17) is 0 Å². The van der Waals surface area contributed by atoms with Gasteiger partial charge in [-0.3, -0.25) is 0 Å². The molecule has 2 aromatic carbocycles. The third-order valence-electron chi connectivity index (χ3n) is 10.7. The number of thiophene rings is 3. The smallest absolute Gasteiger partial charge is 0.181 e. The topological polar surface area (TPSA) is 68.3 Å². The van der Waals surface area contributed by atoms with Crippen molar-refractivity contribution in [2.24, 2.45) is 0 Å². The van der Waals surface area contributed by atoms with Gasteiger partial charge in [0.25, 0.3) is 0 Å². The van der Waals surface area contributed by atoms with Gasteiger partial charge in [0.1, 0.15) is 9.79 Å². The lowest BCUT2D eigenvalue weighted by Gasteiger charge is -2.19. The molecule has 0 aliphatic rings. The number of unbranched alkanes of at least 4 members (excludes halogenated alkanes) is 10. The van der Waals surface area contributed by atoms with Crippen LogP contribution in [0.4, 0.5) is 0 Å². The zero-order valence-corrected chi connectivity index (χ0v) is 39.6. The zero-order chi connectivity index (χ0) is 41.4. The maximum atomic E-state index is 14.8. The third kappa shape index (κ3) is 11.8. The average Bonchev–Trinajstić information content (AvgIpc) is 3.93. The average molecular weight is 865 g/mol. The highest BCUT2D eigenvalue weighted by Crippen LogP contribution is 2.52. The molecule has 3 aromatic heterocycles. The molecule has 0 saturated carbocycles. The molecule has 5 aromatic rings. The normalized spacial score (nSPS) is 12.8. The molecule has 0 radical (unpaired) electrons. The minimum absolute atomic E-state index is 0.0167. The monoisotopic (exact) mass is 864 g/mol. The number of benzene rings is 2. The fraction of sp³-hybridized carbons (Fsp3) is 0.500. The Morgan fingerprint density at radius 1 is 0.404 bits per heavy atom. The van der Waals surface area contributed by atoms with E-state index < -0.39 is 19.7 Å². The lowest BCUT2D eigenvalue weighted by atomic mass is 9.86. The van der Waals surface area contributed by atoms with E-state index in [1.807, 2.05) is 24.3 Å². The number of hydrogen-bond donors (Lipinski definition) is 0. The van der Waals surface area contributed by atoms with Crippen LogP contribution in [-0.4, -0.2) is 28.3 Å². The summed E-state index contributed by atoms with van der Waals surface area (Å²) in [5.41, 5.74) is 4.67. The first kappa shape index (κ1) is 45.5. The van der Waals surface area contributed by atoms with E-state index in [1.54, 1.807) is 0 Å². The van der Waals surface area contributed by atoms with Gasteiger partial charge in [-0.05, 0) is 70.2 Å². The standard InChI is InChI=1S/C48H64O4S5/c1-9-11-13-15-17-19-33-56(49,50)45-43(41-31-29-39(53-41)35-21-25-37(26-22-35)47(3,4)5)55-44(46(45)57(51,52)34-20-18-16-14-12-10-2)42-32-30-40(54-42)36-23-27-38(28-24-36)48(6,7)8/h21-32H,9-20,33-34H2,1-8H3. The van der Waals surface area contributed by atoms with Crippen molar-refractivity contribution in [3.63, 3.8) is 0 Å². The van der Waals surface area contributed by atoms with Gasteiger partial charge in [-0.1, -0.05) is 168 Å². The van der Waals surface area contributed by atoms with Crippen LogP contribution in [0.15, 0.2) is 82.6 Å². The van der Waals surface area contributed by atoms with E-state index in [-0.39, 0.29) is 32.1 Å². The van der Waals surface area contributed by atoms with Gasteiger partial charge >= 0.3 is 0 Å². The van der Waals surface area contributed by atoms with Gasteiger partial charge in [0, 0.05) is 19.5 Å². The molecule has 0 aliphatic carbocycles. The second kappa shape index (κ2) is 19.7. The molecule has 0 saturated heterocycles. The van der Waals surface area contributed by atoms with E-state index in [2.05, 4.69) is 104 Å². The highest BCUT2D eigenvalue weighted by Gasteiger charge is 2.37. The molecule has 0 unspecified atom stereocenters. The minimum Gasteiger partial charge on any atom is -0.224 e. The summed E-state index contributed by atoms with van der Waals surface area (Å²) < 4.78 is 59.1. The van der Waals surface area contributed by atoms with Gasteiger partial charge in [-0.25, -0.2) is 16.8 Å². The lowest BCUT2D eigenvalue weighted by Crippen LogP contribution is -2.15. The predicted octanol–water partition coefficient (Wildman–Crippen LogP) is 15.4. The Bertz CT molecular complexity index is 2090. The second-order valence-corrected chi connectivity index (χ2v) is 24.9. The molecule has 57 heavy (non-hydrogen) atoms. The maximum absolute atomic E-state index is 14.8. The van der Waals surface area contributed by atoms with E-state index in [1.165, 1.54) is 45.1 Å². The first-order chi connectivity index (χ1) is 27.0. The van der Waals surface area contributed by atoms with Crippen molar-refractivity contribution in [2.75, 3.05) is 11.5 Å². The van der Waals surface area contributed by atoms with Gasteiger partial charge in [-0.2, -0.15) is 0 Å². The molecule has 9 heteroatoms. The summed E-state index contributed by atoms with van der Waals surface area (Å²) in [5.74, 6) is -0.131. The Balaban J connectivity index is 1.64. The molecule has 0 N–H and O–H groups in total. The van der Waals surface area contributed by atoms with Crippen LogP contribution in [0.5, 0.6) is 0 Å². The molecule has 3 heterocycles. The summed E-state index contributed by atoms with van der Waals surface area (Å²) in [4.78, 5) is 4.74. The quantitative estimate of drug-likeness (QED) is 0.0731. The van der Waals surface area contributed by atoms with Crippen LogP contribution in [-0.2, 0) is 30.5 Å². The number of rotatable bonds is 20. The Hall–Kier alpha value is -2.56. The van der Waals surface area contributed by atoms with Crippen LogP contribution < -0.4 is 0 Å². The van der Waals surface area contributed by atoms with Crippen LogP contribution in [0.1, 0.15) is 144 Å². The minimum atomic E-state index is -3.97. The fourth-order valence-electron chi connectivity index (χ4n) is 7.14. The summed E-state index contributed by atoms with van der Waals surface area (Å²) in [6, 6.07) is 25.2. The van der Waals surface area contributed by atoms with E-state index in [0.717, 1.165) is 94.8 Å². The Labute approximate surface area is 357 Å². The summed E-state index contributed by atoms with van der Waals surface area (Å²) in [6.45, 7) is 17.5. The lowest BCUT2D eigenvalue weighted by molar-refractivity contribution is 0.573. The molecule has 0 amide bonds. The van der Waals surface area contributed by atoms with Gasteiger partial charge in [-0.15, -0.1) is 34.0 Å². The van der Waals surface area contributed by atoms with Crippen LogP contribution in [0.2, 0.25) is 0 Å². The highest BCUT2D eigenvalue weighted by molar-refractivity contribution is 7.95. The Kier molecular flexibility index (Phi) is 15.7. The van der Waals surface area contributed by atoms with Crippen molar-refractivity contribution in [3.05, 3.63) is 83.9 Å². The van der Waals surface area contributed by atoms with Crippen molar-refractivity contribution < 1.29 is 16.8 Å². The summed E-state index contributed by atoms with van der Waals surface area (Å²) in [5, 5.41) is 0. The molecule has 0 spiro atoms. The molecule has 0 bridgehead atoms. The predicted molar refractivity (Wildman–Crippen MR) is 250 cm³/mol. The van der Waals surface area contributed by atoms with Gasteiger partial charge in [0.15, 0.2) is 19.7 Å². The number of sulfone groups is 2. The summed E-state index contributed by atoms with van der Waals surface area (Å²) in [6.07, 6.45) is 11.3. The Morgan fingerprint density at radius 3 is 1.05 bits per heavy atom. The summed E-state index contributed by atoms with van der Waals surface area (Å²) in [7, 11) is -7.95. The fourth-order valence-corrected chi connectivity index (χ4v) is 15.6. The maximum Gasteiger partial charge on any atom is 0.181 e. The molecule has 0 fully saturated rings. The van der Waals surface area contributed by atoms with E-state index in [9.17, 15) is 16.8 Å². The van der Waals surface area contributed by atoms with Crippen molar-refractivity contribution >= 4 is 53.7 Å². The third-order valence-corrected chi connectivity index (χ3v) is 18.6. The molecular formula is C48H64O4S5. The summed E-state index contributed by atoms with van der Waals surface area (Å²) >= 11 is 4.41. The van der Waals surface area contributed by atoms with E-state index >= 15 is 0 Å². The second-order valence-electron chi connectivity index (χ2n) is 17.6. The highest BCUT2D eigenvalue weighted by atomic mass is 32.2. The van der Waals surface area contributed by atoms with Crippen molar-refractivity contribution in [1.82, 2.24) is 0 Å². The van der Waals surface area contributed by atoms with Crippen LogP contribution >= 0.6 is 34.0 Å². The molecule has 0 atom stereocenters. The van der Waals surface area contributed by atoms with Crippen LogP contribution in [0.25, 0.3) is 40.4 Å². The van der Waals surface area contributed by atoms with Crippen molar-refractivity contribution in [3.8, 4) is 40.4 Å². The SMILES string of the molecule is CCCCCCCCS(=O)(=O)c1c(-c2ccc(-c3ccc(C(C)(C)C)cc3)s2)sc(-c2ccc(-c3ccc(C(C)(C)C)cc3)s2)c1S(=O)(=O)CCCCCCCC. The van der Waals surface area contributed by atoms with Crippen LogP contribution in [0, 0.1) is 0 Å². The molecule has 5 rings (SSSR count). The van der Waals surface area contributed by atoms with Crippen molar-refractivity contribution in [2.45, 2.75) is 153 Å². The molecular weight excluding hydrogens is 801 g/mol. The van der Waals surface area contributed by atoms with E-state index in [0.29, 0.717) is 22.6 Å². The van der Waals surface area contributed by atoms with Gasteiger partial charge in [0.05, 0.1) is 21.3 Å². The van der Waals surface area contributed by atoms with Crippen LogP contribution in [0.3, 0.4) is 0 Å². The number of hydrogen-bond acceptors (Lipinski definition) is 7. The van der Waals surface area contributed by atoms with Crippen molar-refractivity contribution in [1.29, 1.82) is 0 Å².